The van der Waals surface area contributed by atoms with Crippen molar-refractivity contribution in [2.24, 2.45) is 0 Å². The van der Waals surface area contributed by atoms with E-state index < -0.39 is 0 Å². The molecule has 1 aliphatic carbocycles. The molecule has 9 aromatic rings. The van der Waals surface area contributed by atoms with Gasteiger partial charge >= 0.3 is 0 Å². The summed E-state index contributed by atoms with van der Waals surface area (Å²) in [7, 11) is 0. The molecule has 1 aliphatic rings. The fourth-order valence-electron chi connectivity index (χ4n) is 7.81. The van der Waals surface area contributed by atoms with Crippen LogP contribution in [-0.4, -0.2) is 0 Å². The molecular formula is C43H29NS2. The van der Waals surface area contributed by atoms with E-state index >= 15 is 0 Å². The van der Waals surface area contributed by atoms with Crippen LogP contribution >= 0.6 is 22.7 Å². The highest BCUT2D eigenvalue weighted by Crippen LogP contribution is 2.51. The van der Waals surface area contributed by atoms with Crippen molar-refractivity contribution in [2.75, 3.05) is 4.90 Å². The molecule has 1 nitrogen and oxygen atoms in total. The van der Waals surface area contributed by atoms with E-state index in [1.165, 1.54) is 84.7 Å². The lowest BCUT2D eigenvalue weighted by Gasteiger charge is -2.28. The molecule has 0 saturated carbocycles. The number of hydrogen-bond donors (Lipinski definition) is 0. The zero-order chi connectivity index (χ0) is 30.6. The Balaban J connectivity index is 1.21. The molecule has 0 fully saturated rings. The van der Waals surface area contributed by atoms with Crippen molar-refractivity contribution in [3.8, 4) is 11.1 Å². The van der Waals surface area contributed by atoms with Crippen LogP contribution in [0, 0.1) is 0 Å². The Morgan fingerprint density at radius 3 is 2.07 bits per heavy atom. The molecule has 0 spiro atoms. The normalized spacial score (nSPS) is 13.6. The summed E-state index contributed by atoms with van der Waals surface area (Å²) < 4.78 is 5.44. The lowest BCUT2D eigenvalue weighted by Crippen LogP contribution is -2.16. The Morgan fingerprint density at radius 1 is 0.457 bits per heavy atom. The van der Waals surface area contributed by atoms with Gasteiger partial charge in [-0.05, 0) is 81.6 Å². The van der Waals surface area contributed by atoms with Crippen LogP contribution in [0.4, 0.5) is 17.1 Å². The average Bonchev–Trinajstić information content (AvgIpc) is 3.73. The largest absolute Gasteiger partial charge is 0.310 e. The summed E-state index contributed by atoms with van der Waals surface area (Å²) in [6, 6.07) is 51.8. The van der Waals surface area contributed by atoms with Gasteiger partial charge in [0, 0.05) is 62.8 Å². The summed E-state index contributed by atoms with van der Waals surface area (Å²) in [4.78, 5) is 2.43. The van der Waals surface area contributed by atoms with Gasteiger partial charge in [0.05, 0.1) is 0 Å². The number of fused-ring (bicyclic) bond motifs is 12. The standard InChI is InChI=1S/C43H29NS2/c1-43(2)36-15-9-8-14-31(36)32-20-17-29(25-37(32)43)44(27-11-4-3-5-12-27)28-18-22-38-35(24-28)40-39(45-38)23-21-34-33-19-16-26-10-6-7-13-30(26)41(33)46-42(34)40/h3-25H,1-2H3. The number of para-hydroxylation sites is 1. The highest BCUT2D eigenvalue weighted by Gasteiger charge is 2.35. The zero-order valence-electron chi connectivity index (χ0n) is 25.5. The second-order valence-electron chi connectivity index (χ2n) is 12.9. The molecule has 0 N–H and O–H groups in total. The van der Waals surface area contributed by atoms with Crippen molar-refractivity contribution in [1.29, 1.82) is 0 Å². The number of thiophene rings is 2. The van der Waals surface area contributed by atoms with Crippen molar-refractivity contribution in [1.82, 2.24) is 0 Å². The third-order valence-electron chi connectivity index (χ3n) is 10.0. The predicted octanol–water partition coefficient (Wildman–Crippen LogP) is 13.4. The summed E-state index contributed by atoms with van der Waals surface area (Å²) in [5, 5.41) is 8.05. The Morgan fingerprint density at radius 2 is 1.15 bits per heavy atom. The van der Waals surface area contributed by atoms with E-state index in [-0.39, 0.29) is 5.41 Å². The second kappa shape index (κ2) is 9.53. The number of benzene rings is 7. The molecule has 0 bridgehead atoms. The van der Waals surface area contributed by atoms with E-state index in [1.807, 2.05) is 22.7 Å². The Labute approximate surface area is 275 Å². The van der Waals surface area contributed by atoms with E-state index in [0.717, 1.165) is 5.69 Å². The van der Waals surface area contributed by atoms with Gasteiger partial charge in [-0.25, -0.2) is 0 Å². The van der Waals surface area contributed by atoms with Crippen molar-refractivity contribution >= 4 is 90.9 Å². The quantitative estimate of drug-likeness (QED) is 0.189. The van der Waals surface area contributed by atoms with Gasteiger partial charge in [-0.2, -0.15) is 0 Å². The summed E-state index contributed by atoms with van der Waals surface area (Å²) in [6.45, 7) is 4.72. The van der Waals surface area contributed by atoms with E-state index in [9.17, 15) is 0 Å². The number of anilines is 3. The van der Waals surface area contributed by atoms with E-state index in [2.05, 4.69) is 158 Å². The van der Waals surface area contributed by atoms with Crippen molar-refractivity contribution in [3.63, 3.8) is 0 Å². The summed E-state index contributed by atoms with van der Waals surface area (Å²) in [5.41, 5.74) is 8.94. The Hall–Kier alpha value is -4.96. The van der Waals surface area contributed by atoms with Crippen LogP contribution in [-0.2, 0) is 5.41 Å². The SMILES string of the molecule is CC1(C)c2ccccc2-c2ccc(N(c3ccccc3)c3ccc4sc5ccc6c7ccc8ccccc8c7sc6c5c4c3)cc21. The maximum absolute atomic E-state index is 2.43. The fourth-order valence-corrected chi connectivity index (χ4v) is 10.4. The molecule has 2 heterocycles. The lowest BCUT2D eigenvalue weighted by molar-refractivity contribution is 0.660. The zero-order valence-corrected chi connectivity index (χ0v) is 27.2. The molecule has 0 aliphatic heterocycles. The van der Waals surface area contributed by atoms with Crippen molar-refractivity contribution in [3.05, 3.63) is 151 Å². The van der Waals surface area contributed by atoms with Gasteiger partial charge in [0.15, 0.2) is 0 Å². The summed E-state index contributed by atoms with van der Waals surface area (Å²) in [6.07, 6.45) is 0. The Bertz CT molecular complexity index is 2670. The fraction of sp³-hybridized carbons (Fsp3) is 0.0698. The number of nitrogens with zero attached hydrogens (tertiary/aromatic N) is 1. The van der Waals surface area contributed by atoms with E-state index in [4.69, 9.17) is 0 Å². The smallest absolute Gasteiger partial charge is 0.0468 e. The van der Waals surface area contributed by atoms with Crippen molar-refractivity contribution < 1.29 is 0 Å². The van der Waals surface area contributed by atoms with Crippen molar-refractivity contribution in [2.45, 2.75) is 19.3 Å². The van der Waals surface area contributed by atoms with Gasteiger partial charge in [0.2, 0.25) is 0 Å². The first-order valence-corrected chi connectivity index (χ1v) is 17.5. The maximum Gasteiger partial charge on any atom is 0.0468 e. The van der Waals surface area contributed by atoms with Crippen LogP contribution < -0.4 is 4.90 Å². The van der Waals surface area contributed by atoms with Crippen LogP contribution in [0.2, 0.25) is 0 Å². The molecule has 10 rings (SSSR count). The maximum atomic E-state index is 2.43. The molecule has 2 aromatic heterocycles. The summed E-state index contributed by atoms with van der Waals surface area (Å²) in [5.74, 6) is 0. The second-order valence-corrected chi connectivity index (χ2v) is 15.0. The van der Waals surface area contributed by atoms with E-state index in [0.29, 0.717) is 0 Å². The third kappa shape index (κ3) is 3.61. The molecule has 46 heavy (non-hydrogen) atoms. The number of hydrogen-bond acceptors (Lipinski definition) is 3. The molecule has 0 atom stereocenters. The van der Waals surface area contributed by atoms with Crippen LogP contribution in [0.15, 0.2) is 140 Å². The van der Waals surface area contributed by atoms with Gasteiger partial charge in [-0.1, -0.05) is 105 Å². The van der Waals surface area contributed by atoms with Gasteiger partial charge in [0.1, 0.15) is 0 Å². The van der Waals surface area contributed by atoms with Gasteiger partial charge < -0.3 is 4.90 Å². The van der Waals surface area contributed by atoms with Crippen LogP contribution in [0.25, 0.3) is 62.2 Å². The average molecular weight is 624 g/mol. The first kappa shape index (κ1) is 26.3. The number of rotatable bonds is 3. The first-order chi connectivity index (χ1) is 22.6. The first-order valence-electron chi connectivity index (χ1n) is 15.9. The minimum atomic E-state index is -0.0607. The monoisotopic (exact) mass is 623 g/mol. The van der Waals surface area contributed by atoms with Gasteiger partial charge in [-0.15, -0.1) is 22.7 Å². The molecule has 7 aromatic carbocycles. The van der Waals surface area contributed by atoms with Crippen LogP contribution in [0.1, 0.15) is 25.0 Å². The van der Waals surface area contributed by atoms with Gasteiger partial charge in [0.25, 0.3) is 0 Å². The molecule has 3 heteroatoms. The molecule has 218 valence electrons. The molecule has 0 amide bonds. The summed E-state index contributed by atoms with van der Waals surface area (Å²) >= 11 is 3.85. The minimum Gasteiger partial charge on any atom is -0.310 e. The highest BCUT2D eigenvalue weighted by atomic mass is 32.1. The third-order valence-corrected chi connectivity index (χ3v) is 12.5. The molecular weight excluding hydrogens is 595 g/mol. The lowest BCUT2D eigenvalue weighted by atomic mass is 9.82. The topological polar surface area (TPSA) is 3.24 Å². The highest BCUT2D eigenvalue weighted by molar-refractivity contribution is 7.30. The minimum absolute atomic E-state index is 0.0607. The molecule has 0 unspecified atom stereocenters. The van der Waals surface area contributed by atoms with Crippen LogP contribution in [0.3, 0.4) is 0 Å². The van der Waals surface area contributed by atoms with Gasteiger partial charge in [-0.3, -0.25) is 0 Å². The van der Waals surface area contributed by atoms with Crippen LogP contribution in [0.5, 0.6) is 0 Å². The van der Waals surface area contributed by atoms with E-state index in [1.54, 1.807) is 0 Å². The Kier molecular flexibility index (Phi) is 5.44. The molecule has 0 saturated heterocycles. The predicted molar refractivity (Wildman–Crippen MR) is 202 cm³/mol. The molecule has 0 radical (unpaired) electrons.